The molecule has 13 heavy (non-hydrogen) atoms. The van der Waals surface area contributed by atoms with Gasteiger partial charge in [-0.05, 0) is 31.0 Å². The van der Waals surface area contributed by atoms with Gasteiger partial charge in [0.1, 0.15) is 0 Å². The van der Waals surface area contributed by atoms with E-state index in [2.05, 4.69) is 0 Å². The average Bonchev–Trinajstić information content (AvgIpc) is 2.08. The van der Waals surface area contributed by atoms with Gasteiger partial charge in [0.25, 0.3) is 0 Å². The van der Waals surface area contributed by atoms with Crippen molar-refractivity contribution >= 4 is 17.4 Å². The first-order valence-electron chi connectivity index (χ1n) is 4.05. The number of hydrogen-bond acceptors (Lipinski definition) is 2. The molecule has 70 valence electrons. The molecule has 0 radical (unpaired) electrons. The van der Waals surface area contributed by atoms with Crippen LogP contribution in [0.2, 0.25) is 5.02 Å². The molecule has 1 aromatic rings. The van der Waals surface area contributed by atoms with Gasteiger partial charge in [-0.25, -0.2) is 0 Å². The standard InChI is InChI=1S/C10H12ClNO/c1-6-8(10(12)7(2)13)4-3-5-9(6)11/h3-5,10H,12H2,1-2H3. The second-order valence-corrected chi connectivity index (χ2v) is 3.45. The van der Waals surface area contributed by atoms with Gasteiger partial charge in [-0.15, -0.1) is 0 Å². The minimum Gasteiger partial charge on any atom is -0.318 e. The van der Waals surface area contributed by atoms with Crippen molar-refractivity contribution in [2.24, 2.45) is 5.73 Å². The summed E-state index contributed by atoms with van der Waals surface area (Å²) in [5, 5.41) is 0.647. The second-order valence-electron chi connectivity index (χ2n) is 3.04. The summed E-state index contributed by atoms with van der Waals surface area (Å²) in [6, 6.07) is 4.85. The molecule has 0 fully saturated rings. The summed E-state index contributed by atoms with van der Waals surface area (Å²) in [5.74, 6) is -0.0506. The number of nitrogens with two attached hydrogens (primary N) is 1. The fourth-order valence-electron chi connectivity index (χ4n) is 1.18. The van der Waals surface area contributed by atoms with Crippen molar-refractivity contribution in [3.05, 3.63) is 34.3 Å². The van der Waals surface area contributed by atoms with Crippen LogP contribution in [0.25, 0.3) is 0 Å². The van der Waals surface area contributed by atoms with Gasteiger partial charge >= 0.3 is 0 Å². The fourth-order valence-corrected chi connectivity index (χ4v) is 1.36. The number of benzene rings is 1. The lowest BCUT2D eigenvalue weighted by Gasteiger charge is -2.12. The second kappa shape index (κ2) is 3.90. The van der Waals surface area contributed by atoms with Gasteiger partial charge in [0.15, 0.2) is 5.78 Å². The van der Waals surface area contributed by atoms with E-state index in [1.807, 2.05) is 13.0 Å². The minimum atomic E-state index is -0.557. The lowest BCUT2D eigenvalue weighted by atomic mass is 9.99. The highest BCUT2D eigenvalue weighted by atomic mass is 35.5. The molecule has 1 atom stereocenters. The highest BCUT2D eigenvalue weighted by molar-refractivity contribution is 6.31. The summed E-state index contributed by atoms with van der Waals surface area (Å²) in [6.45, 7) is 3.34. The van der Waals surface area contributed by atoms with E-state index in [0.717, 1.165) is 11.1 Å². The summed E-state index contributed by atoms with van der Waals surface area (Å²) in [4.78, 5) is 11.0. The van der Waals surface area contributed by atoms with Crippen LogP contribution in [-0.4, -0.2) is 5.78 Å². The third-order valence-electron chi connectivity index (χ3n) is 2.08. The van der Waals surface area contributed by atoms with E-state index in [1.54, 1.807) is 12.1 Å². The molecule has 0 saturated heterocycles. The van der Waals surface area contributed by atoms with E-state index < -0.39 is 6.04 Å². The van der Waals surface area contributed by atoms with E-state index >= 15 is 0 Å². The minimum absolute atomic E-state index is 0.0506. The monoisotopic (exact) mass is 197 g/mol. The molecule has 2 nitrogen and oxygen atoms in total. The Hall–Kier alpha value is -0.860. The summed E-state index contributed by atoms with van der Waals surface area (Å²) in [5.41, 5.74) is 7.39. The quantitative estimate of drug-likeness (QED) is 0.790. The topological polar surface area (TPSA) is 43.1 Å². The van der Waals surface area contributed by atoms with E-state index in [-0.39, 0.29) is 5.78 Å². The number of carbonyl (C=O) groups is 1. The summed E-state index contributed by atoms with van der Waals surface area (Å²) in [7, 11) is 0. The van der Waals surface area contributed by atoms with Gasteiger partial charge in [-0.1, -0.05) is 23.7 Å². The van der Waals surface area contributed by atoms with Gasteiger partial charge < -0.3 is 5.73 Å². The Labute approximate surface area is 82.7 Å². The van der Waals surface area contributed by atoms with Crippen molar-refractivity contribution < 1.29 is 4.79 Å². The van der Waals surface area contributed by atoms with Crippen LogP contribution in [0.4, 0.5) is 0 Å². The molecule has 0 aromatic heterocycles. The normalized spacial score (nSPS) is 12.6. The van der Waals surface area contributed by atoms with E-state index in [0.29, 0.717) is 5.02 Å². The molecule has 0 bridgehead atoms. The van der Waals surface area contributed by atoms with Crippen LogP contribution in [0.3, 0.4) is 0 Å². The van der Waals surface area contributed by atoms with Crippen molar-refractivity contribution in [1.29, 1.82) is 0 Å². The Morgan fingerprint density at radius 3 is 2.69 bits per heavy atom. The maximum absolute atomic E-state index is 11.0. The molecule has 0 heterocycles. The van der Waals surface area contributed by atoms with Gasteiger partial charge in [0.2, 0.25) is 0 Å². The van der Waals surface area contributed by atoms with Gasteiger partial charge in [-0.2, -0.15) is 0 Å². The predicted octanol–water partition coefficient (Wildman–Crippen LogP) is 2.24. The number of rotatable bonds is 2. The molecule has 2 N–H and O–H groups in total. The van der Waals surface area contributed by atoms with E-state index in [9.17, 15) is 4.79 Å². The number of carbonyl (C=O) groups excluding carboxylic acids is 1. The smallest absolute Gasteiger partial charge is 0.150 e. The average molecular weight is 198 g/mol. The molecule has 1 unspecified atom stereocenters. The highest BCUT2D eigenvalue weighted by Gasteiger charge is 2.14. The lowest BCUT2D eigenvalue weighted by Crippen LogP contribution is -2.19. The molecule has 1 aromatic carbocycles. The maximum Gasteiger partial charge on any atom is 0.150 e. The molecule has 0 aliphatic heterocycles. The molecule has 1 rings (SSSR count). The molecule has 0 saturated carbocycles. The highest BCUT2D eigenvalue weighted by Crippen LogP contribution is 2.23. The van der Waals surface area contributed by atoms with Crippen LogP contribution in [0, 0.1) is 6.92 Å². The van der Waals surface area contributed by atoms with E-state index in [1.165, 1.54) is 6.92 Å². The zero-order valence-electron chi connectivity index (χ0n) is 7.67. The maximum atomic E-state index is 11.0. The first-order valence-corrected chi connectivity index (χ1v) is 4.43. The van der Waals surface area contributed by atoms with Crippen LogP contribution >= 0.6 is 11.6 Å². The van der Waals surface area contributed by atoms with Gasteiger partial charge in [0.05, 0.1) is 6.04 Å². The first-order chi connectivity index (χ1) is 6.04. The summed E-state index contributed by atoms with van der Waals surface area (Å²) in [6.07, 6.45) is 0. The van der Waals surface area contributed by atoms with Crippen molar-refractivity contribution in [3.63, 3.8) is 0 Å². The molecular formula is C10H12ClNO. The molecule has 0 aliphatic rings. The number of ketones is 1. The van der Waals surface area contributed by atoms with Crippen LogP contribution in [0.1, 0.15) is 24.1 Å². The Kier molecular flexibility index (Phi) is 3.07. The van der Waals surface area contributed by atoms with Crippen LogP contribution in [0.5, 0.6) is 0 Å². The molecule has 3 heteroatoms. The first kappa shape index (κ1) is 10.2. The zero-order chi connectivity index (χ0) is 10.0. The van der Waals surface area contributed by atoms with Crippen molar-refractivity contribution in [2.45, 2.75) is 19.9 Å². The SMILES string of the molecule is CC(=O)C(N)c1cccc(Cl)c1C. The van der Waals surface area contributed by atoms with Gasteiger partial charge in [-0.3, -0.25) is 4.79 Å². The Morgan fingerprint density at radius 2 is 2.15 bits per heavy atom. The number of Topliss-reactive ketones (excluding diaryl/α,β-unsaturated/α-hetero) is 1. The van der Waals surface area contributed by atoms with Crippen LogP contribution < -0.4 is 5.73 Å². The van der Waals surface area contributed by atoms with Crippen molar-refractivity contribution in [2.75, 3.05) is 0 Å². The molecule has 0 aliphatic carbocycles. The lowest BCUT2D eigenvalue weighted by molar-refractivity contribution is -0.118. The van der Waals surface area contributed by atoms with Crippen molar-refractivity contribution in [3.8, 4) is 0 Å². The largest absolute Gasteiger partial charge is 0.318 e. The predicted molar refractivity (Wildman–Crippen MR) is 53.8 cm³/mol. The molecular weight excluding hydrogens is 186 g/mol. The van der Waals surface area contributed by atoms with E-state index in [4.69, 9.17) is 17.3 Å². The number of hydrogen-bond donors (Lipinski definition) is 1. The van der Waals surface area contributed by atoms with Crippen molar-refractivity contribution in [1.82, 2.24) is 0 Å². The summed E-state index contributed by atoms with van der Waals surface area (Å²) >= 11 is 5.90. The number of halogens is 1. The fraction of sp³-hybridized carbons (Fsp3) is 0.300. The molecule has 0 spiro atoms. The van der Waals surface area contributed by atoms with Crippen LogP contribution in [-0.2, 0) is 4.79 Å². The molecule has 0 amide bonds. The van der Waals surface area contributed by atoms with Crippen LogP contribution in [0.15, 0.2) is 18.2 Å². The third kappa shape index (κ3) is 2.08. The zero-order valence-corrected chi connectivity index (χ0v) is 8.43. The Balaban J connectivity index is 3.15. The Bertz CT molecular complexity index is 336. The Morgan fingerprint density at radius 1 is 1.54 bits per heavy atom. The third-order valence-corrected chi connectivity index (χ3v) is 2.49. The van der Waals surface area contributed by atoms with Gasteiger partial charge in [0, 0.05) is 5.02 Å². The summed E-state index contributed by atoms with van der Waals surface area (Å²) < 4.78 is 0.